The first-order valence-electron chi connectivity index (χ1n) is 33.4. The Morgan fingerprint density at radius 1 is 0.383 bits per heavy atom. The number of carbonyl (C=O) groups is 2. The average Bonchev–Trinajstić information content (AvgIpc) is 3.46. The molecule has 0 saturated carbocycles. The van der Waals surface area contributed by atoms with E-state index >= 15 is 0 Å². The summed E-state index contributed by atoms with van der Waals surface area (Å²) in [6, 6.07) is 0. The minimum Gasteiger partial charge on any atom is -0.462 e. The van der Waals surface area contributed by atoms with E-state index < -0.39 is 32.5 Å². The van der Waals surface area contributed by atoms with Crippen LogP contribution in [0.5, 0.6) is 0 Å². The number of unbranched alkanes of at least 4 members (excludes halogenated alkanes) is 31. The summed E-state index contributed by atoms with van der Waals surface area (Å²) in [5.74, 6) is -0.836. The van der Waals surface area contributed by atoms with Crippen LogP contribution in [0.3, 0.4) is 0 Å². The Morgan fingerprint density at radius 2 is 0.679 bits per heavy atom. The fraction of sp³-hybridized carbons (Fsp3) is 0.718. The van der Waals surface area contributed by atoms with Gasteiger partial charge in [-0.25, -0.2) is 4.57 Å². The summed E-state index contributed by atoms with van der Waals surface area (Å²) < 4.78 is 33.1. The van der Waals surface area contributed by atoms with Crippen LogP contribution in [0.2, 0.25) is 0 Å². The molecular formula is C71H124NO8P. The number of ether oxygens (including phenoxy) is 2. The first-order valence-corrected chi connectivity index (χ1v) is 34.9. The van der Waals surface area contributed by atoms with Crippen LogP contribution in [0.4, 0.5) is 0 Å². The van der Waals surface area contributed by atoms with Gasteiger partial charge in [0, 0.05) is 19.4 Å². The van der Waals surface area contributed by atoms with Crippen molar-refractivity contribution < 1.29 is 37.6 Å². The summed E-state index contributed by atoms with van der Waals surface area (Å²) in [5, 5.41) is 0. The van der Waals surface area contributed by atoms with Gasteiger partial charge in [0.05, 0.1) is 13.2 Å². The summed E-state index contributed by atoms with van der Waals surface area (Å²) in [6.07, 6.45) is 90.4. The Bertz CT molecular complexity index is 1690. The van der Waals surface area contributed by atoms with E-state index in [4.69, 9.17) is 24.3 Å². The van der Waals surface area contributed by atoms with E-state index in [-0.39, 0.29) is 32.6 Å². The van der Waals surface area contributed by atoms with E-state index in [1.54, 1.807) is 0 Å². The molecule has 0 amide bonds. The number of hydrogen-bond acceptors (Lipinski definition) is 8. The van der Waals surface area contributed by atoms with Crippen molar-refractivity contribution in [3.05, 3.63) is 109 Å². The number of hydrogen-bond donors (Lipinski definition) is 2. The van der Waals surface area contributed by atoms with Gasteiger partial charge in [-0.2, -0.15) is 0 Å². The molecule has 81 heavy (non-hydrogen) atoms. The standard InChI is InChI=1S/C71H124NO8P/c1-3-5-7-9-11-13-15-17-19-21-23-24-25-26-27-28-29-30-31-32-33-34-35-36-37-38-39-40-41-42-43-44-46-48-50-52-54-56-58-60-62-64-71(74)80-69(68-79-81(75,76)78-66-65-72)67-77-70(73)63-61-59-57-55-53-51-49-47-45-22-20-18-16-14-12-10-8-6-4-2/h5,7,11-14,17-20,23-24,26-27,29-30,45,47,69H,3-4,6,8-10,15-16,21-22,25,28,31-44,46,48-68,72H2,1-2H3,(H,75,76)/b7-5-,13-11-,14-12-,19-17-,20-18-,24-23-,27-26-,30-29-,47-45-. The van der Waals surface area contributed by atoms with Crippen LogP contribution in [0.15, 0.2) is 109 Å². The Balaban J connectivity index is 3.83. The third-order valence-electron chi connectivity index (χ3n) is 14.1. The SMILES string of the molecule is CC/C=C\C/C=C\C/C=C\C/C=C\C/C=C\C/C=C\CCCCCCCCCCCCCCCCCCCCCCCCC(=O)OC(COC(=O)CCCCCCCC/C=C\C/C=C\C/C=C\CCCCC)COP(=O)(O)OCCN. The highest BCUT2D eigenvalue weighted by atomic mass is 31.2. The Labute approximate surface area is 499 Å². The highest BCUT2D eigenvalue weighted by molar-refractivity contribution is 7.47. The third kappa shape index (κ3) is 65.7. The molecule has 0 rings (SSSR count). The number of phosphoric acid groups is 1. The highest BCUT2D eigenvalue weighted by Crippen LogP contribution is 2.43. The summed E-state index contributed by atoms with van der Waals surface area (Å²) in [7, 11) is -4.40. The molecule has 2 unspecified atom stereocenters. The van der Waals surface area contributed by atoms with Gasteiger partial charge in [0.2, 0.25) is 0 Å². The van der Waals surface area contributed by atoms with Gasteiger partial charge in [0.1, 0.15) is 6.61 Å². The van der Waals surface area contributed by atoms with Gasteiger partial charge in [-0.05, 0) is 103 Å². The number of allylic oxidation sites excluding steroid dienone is 18. The van der Waals surface area contributed by atoms with Crippen molar-refractivity contribution in [2.24, 2.45) is 5.73 Å². The van der Waals surface area contributed by atoms with Crippen LogP contribution in [0.1, 0.15) is 296 Å². The molecule has 0 aliphatic rings. The third-order valence-corrected chi connectivity index (χ3v) is 15.1. The molecule has 0 spiro atoms. The topological polar surface area (TPSA) is 134 Å². The fourth-order valence-corrected chi connectivity index (χ4v) is 10.0. The molecule has 0 aromatic heterocycles. The normalized spacial score (nSPS) is 13.7. The van der Waals surface area contributed by atoms with Crippen molar-refractivity contribution in [2.45, 2.75) is 302 Å². The highest BCUT2D eigenvalue weighted by Gasteiger charge is 2.26. The smallest absolute Gasteiger partial charge is 0.462 e. The largest absolute Gasteiger partial charge is 0.472 e. The molecule has 0 saturated heterocycles. The molecule has 0 aromatic rings. The van der Waals surface area contributed by atoms with E-state index in [9.17, 15) is 19.0 Å². The van der Waals surface area contributed by atoms with Crippen LogP contribution in [0.25, 0.3) is 0 Å². The second kappa shape index (κ2) is 65.8. The van der Waals surface area contributed by atoms with Crippen LogP contribution in [-0.4, -0.2) is 49.3 Å². The van der Waals surface area contributed by atoms with E-state index in [1.807, 2.05) is 0 Å². The van der Waals surface area contributed by atoms with Gasteiger partial charge in [-0.15, -0.1) is 0 Å². The molecule has 2 atom stereocenters. The molecule has 0 heterocycles. The minimum atomic E-state index is -4.40. The van der Waals surface area contributed by atoms with Gasteiger partial charge >= 0.3 is 19.8 Å². The maximum atomic E-state index is 12.7. The van der Waals surface area contributed by atoms with E-state index in [1.165, 1.54) is 161 Å². The van der Waals surface area contributed by atoms with Gasteiger partial charge < -0.3 is 20.1 Å². The molecule has 0 aliphatic carbocycles. The van der Waals surface area contributed by atoms with Crippen molar-refractivity contribution in [3.63, 3.8) is 0 Å². The molecule has 0 aromatic carbocycles. The van der Waals surface area contributed by atoms with Gasteiger partial charge in [-0.3, -0.25) is 18.6 Å². The predicted octanol–water partition coefficient (Wildman–Crippen LogP) is 21.7. The lowest BCUT2D eigenvalue weighted by Crippen LogP contribution is -2.29. The molecular weight excluding hydrogens is 1030 g/mol. The first kappa shape index (κ1) is 77.7. The zero-order valence-electron chi connectivity index (χ0n) is 52.2. The average molecular weight is 1150 g/mol. The fourth-order valence-electron chi connectivity index (χ4n) is 9.24. The maximum absolute atomic E-state index is 12.7. The van der Waals surface area contributed by atoms with Gasteiger partial charge in [0.25, 0.3) is 0 Å². The monoisotopic (exact) mass is 1150 g/mol. The Hall–Kier alpha value is -3.33. The molecule has 0 bridgehead atoms. The number of nitrogens with two attached hydrogens (primary N) is 1. The number of esters is 2. The summed E-state index contributed by atoms with van der Waals surface area (Å²) in [6.45, 7) is 3.61. The zero-order valence-corrected chi connectivity index (χ0v) is 53.1. The lowest BCUT2D eigenvalue weighted by molar-refractivity contribution is -0.161. The molecule has 10 heteroatoms. The van der Waals surface area contributed by atoms with E-state index in [2.05, 4.69) is 123 Å². The molecule has 9 nitrogen and oxygen atoms in total. The quantitative estimate of drug-likeness (QED) is 0.0264. The molecule has 0 fully saturated rings. The number of rotatable bonds is 62. The van der Waals surface area contributed by atoms with E-state index in [0.29, 0.717) is 6.42 Å². The second-order valence-corrected chi connectivity index (χ2v) is 23.4. The number of carbonyl (C=O) groups excluding carboxylic acids is 2. The van der Waals surface area contributed by atoms with Crippen LogP contribution >= 0.6 is 7.82 Å². The number of phosphoric ester groups is 1. The molecule has 0 radical (unpaired) electrons. The molecule has 466 valence electrons. The minimum absolute atomic E-state index is 0.0490. The maximum Gasteiger partial charge on any atom is 0.472 e. The van der Waals surface area contributed by atoms with Gasteiger partial charge in [-0.1, -0.05) is 290 Å². The molecule has 3 N–H and O–H groups in total. The lowest BCUT2D eigenvalue weighted by Gasteiger charge is -2.19. The predicted molar refractivity (Wildman–Crippen MR) is 348 cm³/mol. The molecule has 0 aliphatic heterocycles. The van der Waals surface area contributed by atoms with Crippen molar-refractivity contribution >= 4 is 19.8 Å². The van der Waals surface area contributed by atoms with Crippen LogP contribution in [0, 0.1) is 0 Å². The van der Waals surface area contributed by atoms with Crippen LogP contribution in [-0.2, 0) is 32.7 Å². The lowest BCUT2D eigenvalue weighted by atomic mass is 10.0. The first-order chi connectivity index (χ1) is 39.8. The summed E-state index contributed by atoms with van der Waals surface area (Å²) in [5.41, 5.74) is 5.39. The zero-order chi connectivity index (χ0) is 58.7. The van der Waals surface area contributed by atoms with Crippen molar-refractivity contribution in [1.82, 2.24) is 0 Å². The summed E-state index contributed by atoms with van der Waals surface area (Å²) in [4.78, 5) is 35.3. The van der Waals surface area contributed by atoms with Crippen molar-refractivity contribution in [2.75, 3.05) is 26.4 Å². The second-order valence-electron chi connectivity index (χ2n) is 22.0. The van der Waals surface area contributed by atoms with Crippen molar-refractivity contribution in [1.29, 1.82) is 0 Å². The van der Waals surface area contributed by atoms with Crippen LogP contribution < -0.4 is 5.73 Å². The summed E-state index contributed by atoms with van der Waals surface area (Å²) >= 11 is 0. The Morgan fingerprint density at radius 3 is 1.01 bits per heavy atom. The Kier molecular flexibility index (Phi) is 63.1. The van der Waals surface area contributed by atoms with Gasteiger partial charge in [0.15, 0.2) is 6.10 Å². The van der Waals surface area contributed by atoms with Crippen molar-refractivity contribution in [3.8, 4) is 0 Å². The van der Waals surface area contributed by atoms with E-state index in [0.717, 1.165) is 103 Å².